The van der Waals surface area contributed by atoms with Crippen molar-refractivity contribution in [1.82, 2.24) is 5.01 Å². The third kappa shape index (κ3) is 8.05. The maximum absolute atomic E-state index is 11.3. The highest BCUT2D eigenvalue weighted by molar-refractivity contribution is 6.74. The van der Waals surface area contributed by atoms with Crippen LogP contribution in [0, 0.1) is 5.92 Å². The van der Waals surface area contributed by atoms with E-state index >= 15 is 0 Å². The number of rotatable bonds is 13. The summed E-state index contributed by atoms with van der Waals surface area (Å²) in [6, 6.07) is 0.324. The van der Waals surface area contributed by atoms with E-state index in [2.05, 4.69) is 73.5 Å². The minimum Gasteiger partial charge on any atom is -0.414 e. The van der Waals surface area contributed by atoms with Crippen LogP contribution >= 0.6 is 0 Å². The lowest BCUT2D eigenvalue weighted by Gasteiger charge is -2.41. The van der Waals surface area contributed by atoms with E-state index in [-0.39, 0.29) is 22.7 Å². The lowest BCUT2D eigenvalue weighted by molar-refractivity contribution is -0.0733. The number of methoxy groups -OCH3 is 1. The third-order valence-corrected chi connectivity index (χ3v) is 13.0. The predicted molar refractivity (Wildman–Crippen MR) is 145 cm³/mol. The fraction of sp³-hybridized carbons (Fsp3) is 0.963. The molecule has 0 aromatic carbocycles. The van der Waals surface area contributed by atoms with Crippen LogP contribution < -0.4 is 0 Å². The summed E-state index contributed by atoms with van der Waals surface area (Å²) in [5.74, 6) is 0.214. The van der Waals surface area contributed by atoms with Gasteiger partial charge in [-0.25, -0.2) is 0 Å². The van der Waals surface area contributed by atoms with E-state index < -0.39 is 13.9 Å². The van der Waals surface area contributed by atoms with Crippen molar-refractivity contribution in [2.45, 2.75) is 149 Å². The van der Waals surface area contributed by atoms with Gasteiger partial charge in [0.1, 0.15) is 0 Å². The first kappa shape index (κ1) is 30.6. The molecule has 4 atom stereocenters. The number of aliphatic hydroxyl groups is 1. The molecule has 0 aliphatic carbocycles. The summed E-state index contributed by atoms with van der Waals surface area (Å²) >= 11 is 0. The molecule has 0 radical (unpaired) electrons. The largest absolute Gasteiger partial charge is 0.414 e. The van der Waals surface area contributed by atoms with Crippen LogP contribution in [0.2, 0.25) is 18.1 Å². The van der Waals surface area contributed by atoms with Crippen LogP contribution in [0.3, 0.4) is 0 Å². The Labute approximate surface area is 206 Å². The molecule has 33 heavy (non-hydrogen) atoms. The summed E-state index contributed by atoms with van der Waals surface area (Å²) in [6.07, 6.45) is 6.55. The van der Waals surface area contributed by atoms with Crippen LogP contribution in [0.25, 0.3) is 0 Å². The maximum Gasteiger partial charge on any atom is 0.192 e. The third-order valence-electron chi connectivity index (χ3n) is 8.40. The van der Waals surface area contributed by atoms with Crippen LogP contribution in [0.5, 0.6) is 0 Å². The average Bonchev–Trinajstić information content (AvgIpc) is 3.14. The molecule has 1 fully saturated rings. The first-order valence-corrected chi connectivity index (χ1v) is 16.3. The number of hydrazone groups is 1. The van der Waals surface area contributed by atoms with E-state index in [0.717, 1.165) is 38.6 Å². The van der Waals surface area contributed by atoms with E-state index in [1.165, 1.54) is 5.71 Å². The Morgan fingerprint density at radius 3 is 2.12 bits per heavy atom. The normalized spacial score (nSPS) is 22.4. The van der Waals surface area contributed by atoms with Crippen molar-refractivity contribution < 1.29 is 14.3 Å². The fourth-order valence-electron chi connectivity index (χ4n) is 5.44. The molecule has 0 aromatic rings. The summed E-state index contributed by atoms with van der Waals surface area (Å²) in [6.45, 7) is 25.2. The standard InChI is InChI=1S/C27H56N2O3Si/c1-13-23(28-29-18-16-17-24(29)27(14-2,15-3)31-10)21(4)19-26(9,30)20-22(5)32-33(11,12)25(6,7)8/h21-22,24,30H,13-20H2,1-12H3/b28-23-/t21?,22-,24+,26-/m1/s1. The van der Waals surface area contributed by atoms with Crippen molar-refractivity contribution in [2.75, 3.05) is 13.7 Å². The van der Waals surface area contributed by atoms with E-state index in [1.807, 2.05) is 14.0 Å². The molecule has 5 nitrogen and oxygen atoms in total. The van der Waals surface area contributed by atoms with Crippen molar-refractivity contribution >= 4 is 14.0 Å². The first-order chi connectivity index (χ1) is 15.1. The Balaban J connectivity index is 2.91. The summed E-state index contributed by atoms with van der Waals surface area (Å²) < 4.78 is 12.6. The van der Waals surface area contributed by atoms with Gasteiger partial charge < -0.3 is 14.3 Å². The minimum absolute atomic E-state index is 0.0366. The van der Waals surface area contributed by atoms with Crippen LogP contribution in [-0.2, 0) is 9.16 Å². The van der Waals surface area contributed by atoms with Crippen molar-refractivity contribution in [3.8, 4) is 0 Å². The van der Waals surface area contributed by atoms with Crippen molar-refractivity contribution in [3.63, 3.8) is 0 Å². The molecule has 0 amide bonds. The highest BCUT2D eigenvalue weighted by Crippen LogP contribution is 2.39. The molecule has 1 heterocycles. The second kappa shape index (κ2) is 12.0. The molecule has 0 aromatic heterocycles. The molecule has 0 bridgehead atoms. The van der Waals surface area contributed by atoms with Gasteiger partial charge in [0, 0.05) is 31.9 Å². The van der Waals surface area contributed by atoms with Gasteiger partial charge in [-0.05, 0) is 76.4 Å². The molecule has 1 aliphatic heterocycles. The van der Waals surface area contributed by atoms with Gasteiger partial charge in [0.05, 0.1) is 17.2 Å². The zero-order chi connectivity index (χ0) is 25.7. The Hall–Kier alpha value is -0.433. The Kier molecular flexibility index (Phi) is 11.1. The molecule has 1 saturated heterocycles. The summed E-state index contributed by atoms with van der Waals surface area (Å²) in [5.41, 5.74) is 0.256. The smallest absolute Gasteiger partial charge is 0.192 e. The molecule has 1 aliphatic rings. The van der Waals surface area contributed by atoms with E-state index in [1.54, 1.807) is 0 Å². The fourth-order valence-corrected chi connectivity index (χ4v) is 6.88. The summed E-state index contributed by atoms with van der Waals surface area (Å²) in [5, 5.41) is 18.9. The van der Waals surface area contributed by atoms with Crippen molar-refractivity contribution in [2.24, 2.45) is 11.0 Å². The Morgan fingerprint density at radius 2 is 1.67 bits per heavy atom. The monoisotopic (exact) mass is 484 g/mol. The number of nitrogens with zero attached hydrogens (tertiary/aromatic N) is 2. The molecule has 0 saturated carbocycles. The number of ether oxygens (including phenoxy) is 1. The lowest BCUT2D eigenvalue weighted by Crippen LogP contribution is -2.49. The van der Waals surface area contributed by atoms with E-state index in [4.69, 9.17) is 14.3 Å². The average molecular weight is 485 g/mol. The lowest BCUT2D eigenvalue weighted by atomic mass is 9.85. The number of hydrogen-bond donors (Lipinski definition) is 1. The van der Waals surface area contributed by atoms with E-state index in [0.29, 0.717) is 18.9 Å². The topological polar surface area (TPSA) is 54.3 Å². The van der Waals surface area contributed by atoms with E-state index in [9.17, 15) is 5.11 Å². The highest BCUT2D eigenvalue weighted by atomic mass is 28.4. The predicted octanol–water partition coefficient (Wildman–Crippen LogP) is 7.00. The molecule has 1 N–H and O–H groups in total. The van der Waals surface area contributed by atoms with Gasteiger partial charge in [-0.3, -0.25) is 5.01 Å². The van der Waals surface area contributed by atoms with Gasteiger partial charge in [-0.15, -0.1) is 0 Å². The Bertz CT molecular complexity index is 615. The van der Waals surface area contributed by atoms with Gasteiger partial charge in [-0.1, -0.05) is 48.5 Å². The zero-order valence-electron chi connectivity index (χ0n) is 24.0. The summed E-state index contributed by atoms with van der Waals surface area (Å²) in [4.78, 5) is 0. The van der Waals surface area contributed by atoms with Crippen LogP contribution in [-0.4, -0.2) is 61.1 Å². The van der Waals surface area contributed by atoms with Gasteiger partial charge in [0.25, 0.3) is 0 Å². The quantitative estimate of drug-likeness (QED) is 0.226. The molecule has 0 spiro atoms. The van der Waals surface area contributed by atoms with Crippen LogP contribution in [0.4, 0.5) is 0 Å². The van der Waals surface area contributed by atoms with Crippen molar-refractivity contribution in [3.05, 3.63) is 0 Å². The molecule has 1 unspecified atom stereocenters. The molecule has 196 valence electrons. The van der Waals surface area contributed by atoms with Gasteiger partial charge >= 0.3 is 0 Å². The molecular weight excluding hydrogens is 428 g/mol. The van der Waals surface area contributed by atoms with Crippen LogP contribution in [0.1, 0.15) is 107 Å². The summed E-state index contributed by atoms with van der Waals surface area (Å²) in [7, 11) is -0.00319. The number of hydrogen-bond acceptors (Lipinski definition) is 5. The molecule has 1 rings (SSSR count). The second-order valence-corrected chi connectivity index (χ2v) is 17.0. The second-order valence-electron chi connectivity index (χ2n) is 12.2. The Morgan fingerprint density at radius 1 is 1.09 bits per heavy atom. The van der Waals surface area contributed by atoms with Crippen molar-refractivity contribution in [1.29, 1.82) is 0 Å². The highest BCUT2D eigenvalue weighted by Gasteiger charge is 2.43. The maximum atomic E-state index is 11.3. The van der Waals surface area contributed by atoms with Crippen LogP contribution in [0.15, 0.2) is 5.10 Å². The minimum atomic E-state index is -1.85. The first-order valence-electron chi connectivity index (χ1n) is 13.4. The molecular formula is C27H56N2O3Si. The van der Waals surface area contributed by atoms with Gasteiger partial charge in [0.2, 0.25) is 0 Å². The van der Waals surface area contributed by atoms with Gasteiger partial charge in [-0.2, -0.15) is 5.10 Å². The SMILES string of the molecule is CC/C(=N/N1CCC[C@H]1C(CC)(CC)OC)C(C)C[C@@](C)(O)C[C@@H](C)O[Si](C)(C)C(C)(C)C. The zero-order valence-corrected chi connectivity index (χ0v) is 25.0. The molecule has 6 heteroatoms. The van der Waals surface area contributed by atoms with Gasteiger partial charge in [0.15, 0.2) is 8.32 Å².